The van der Waals surface area contributed by atoms with E-state index < -0.39 is 0 Å². The van der Waals surface area contributed by atoms with Crippen molar-refractivity contribution in [3.05, 3.63) is 59.5 Å². The fourth-order valence-electron chi connectivity index (χ4n) is 2.98. The van der Waals surface area contributed by atoms with Gasteiger partial charge in [0.15, 0.2) is 5.96 Å². The highest BCUT2D eigenvalue weighted by atomic mass is 16.3. The molecule has 3 aromatic rings. The Kier molecular flexibility index (Phi) is 6.84. The largest absolute Gasteiger partial charge is 0.459 e. The van der Waals surface area contributed by atoms with E-state index in [-0.39, 0.29) is 5.91 Å². The van der Waals surface area contributed by atoms with Crippen molar-refractivity contribution >= 4 is 28.7 Å². The molecule has 0 aliphatic heterocycles. The number of guanidine groups is 1. The minimum absolute atomic E-state index is 0.0976. The number of pyridine rings is 1. The molecule has 0 bridgehead atoms. The molecule has 1 amide bonds. The van der Waals surface area contributed by atoms with Gasteiger partial charge < -0.3 is 20.4 Å². The zero-order chi connectivity index (χ0) is 20.6. The number of aliphatic imine (C=N–C) groups is 1. The first-order valence-corrected chi connectivity index (χ1v) is 9.79. The van der Waals surface area contributed by atoms with Gasteiger partial charge in [-0.1, -0.05) is 24.3 Å². The number of rotatable bonds is 7. The van der Waals surface area contributed by atoms with Crippen molar-refractivity contribution in [3.8, 4) is 0 Å². The van der Waals surface area contributed by atoms with Crippen LogP contribution in [0.25, 0.3) is 11.0 Å². The van der Waals surface area contributed by atoms with E-state index in [0.717, 1.165) is 34.5 Å². The molecule has 0 unspecified atom stereocenters. The van der Waals surface area contributed by atoms with Crippen molar-refractivity contribution in [2.45, 2.75) is 33.7 Å². The van der Waals surface area contributed by atoms with Gasteiger partial charge in [0, 0.05) is 36.2 Å². The predicted molar refractivity (Wildman–Crippen MR) is 116 cm³/mol. The standard InChI is InChI=1S/C22H27N5O2/c1-4-23-22(24-13-12-21(28)27-20-11-7-8-15(2)26-20)25-14-19-16(3)17-9-5-6-10-18(17)29-19/h5-11H,4,12-14H2,1-3H3,(H2,23,24,25)(H,26,27,28). The second-order valence-corrected chi connectivity index (χ2v) is 6.73. The first-order valence-electron chi connectivity index (χ1n) is 9.79. The number of aromatic nitrogens is 1. The monoisotopic (exact) mass is 393 g/mol. The molecule has 7 nitrogen and oxygen atoms in total. The summed E-state index contributed by atoms with van der Waals surface area (Å²) in [4.78, 5) is 21.0. The summed E-state index contributed by atoms with van der Waals surface area (Å²) in [6.45, 7) is 7.54. The molecule has 3 N–H and O–H groups in total. The Morgan fingerprint density at radius 1 is 1.10 bits per heavy atom. The Morgan fingerprint density at radius 2 is 1.93 bits per heavy atom. The van der Waals surface area contributed by atoms with Crippen LogP contribution >= 0.6 is 0 Å². The Balaban J connectivity index is 1.55. The number of carbonyl (C=O) groups excluding carboxylic acids is 1. The van der Waals surface area contributed by atoms with Crippen molar-refractivity contribution < 1.29 is 9.21 Å². The zero-order valence-electron chi connectivity index (χ0n) is 17.1. The van der Waals surface area contributed by atoms with E-state index in [4.69, 9.17) is 4.42 Å². The molecule has 0 aliphatic carbocycles. The van der Waals surface area contributed by atoms with E-state index in [2.05, 4.69) is 25.9 Å². The number of hydrogen-bond acceptors (Lipinski definition) is 4. The normalized spacial score (nSPS) is 11.5. The second-order valence-electron chi connectivity index (χ2n) is 6.73. The van der Waals surface area contributed by atoms with Gasteiger partial charge in [0.2, 0.25) is 5.91 Å². The van der Waals surface area contributed by atoms with Crippen molar-refractivity contribution in [1.29, 1.82) is 0 Å². The topological polar surface area (TPSA) is 91.5 Å². The number of furan rings is 1. The van der Waals surface area contributed by atoms with Gasteiger partial charge in [0.1, 0.15) is 23.7 Å². The lowest BCUT2D eigenvalue weighted by Gasteiger charge is -2.11. The SMILES string of the molecule is CCNC(=NCc1oc2ccccc2c1C)NCCC(=O)Nc1cccc(C)n1. The van der Waals surface area contributed by atoms with Crippen LogP contribution in [0.4, 0.5) is 5.82 Å². The lowest BCUT2D eigenvalue weighted by molar-refractivity contribution is -0.116. The number of carbonyl (C=O) groups is 1. The summed E-state index contributed by atoms with van der Waals surface area (Å²) in [5.41, 5.74) is 2.84. The van der Waals surface area contributed by atoms with Crippen molar-refractivity contribution in [3.63, 3.8) is 0 Å². The Labute approximate surface area is 170 Å². The van der Waals surface area contributed by atoms with E-state index in [0.29, 0.717) is 31.3 Å². The number of nitrogens with zero attached hydrogens (tertiary/aromatic N) is 2. The van der Waals surface area contributed by atoms with Crippen LogP contribution in [0.1, 0.15) is 30.4 Å². The van der Waals surface area contributed by atoms with Gasteiger partial charge in [0.05, 0.1) is 0 Å². The molecular formula is C22H27N5O2. The van der Waals surface area contributed by atoms with Crippen molar-refractivity contribution in [1.82, 2.24) is 15.6 Å². The highest BCUT2D eigenvalue weighted by Gasteiger charge is 2.10. The van der Waals surface area contributed by atoms with E-state index in [1.54, 1.807) is 6.07 Å². The number of anilines is 1. The van der Waals surface area contributed by atoms with Gasteiger partial charge >= 0.3 is 0 Å². The van der Waals surface area contributed by atoms with Crippen molar-refractivity contribution in [2.24, 2.45) is 4.99 Å². The summed E-state index contributed by atoms with van der Waals surface area (Å²) in [6, 6.07) is 13.5. The molecule has 0 saturated carbocycles. The van der Waals surface area contributed by atoms with Crippen LogP contribution in [0, 0.1) is 13.8 Å². The third-order valence-electron chi connectivity index (χ3n) is 4.47. The number of amides is 1. The third-order valence-corrected chi connectivity index (χ3v) is 4.47. The third kappa shape index (κ3) is 5.57. The number of hydrogen-bond donors (Lipinski definition) is 3. The maximum Gasteiger partial charge on any atom is 0.227 e. The van der Waals surface area contributed by atoms with Gasteiger partial charge in [-0.15, -0.1) is 0 Å². The molecule has 0 fully saturated rings. The molecule has 3 rings (SSSR count). The highest BCUT2D eigenvalue weighted by Crippen LogP contribution is 2.25. The quantitative estimate of drug-likeness (QED) is 0.422. The fraction of sp³-hybridized carbons (Fsp3) is 0.318. The predicted octanol–water partition coefficient (Wildman–Crippen LogP) is 3.53. The maximum atomic E-state index is 12.1. The van der Waals surface area contributed by atoms with Gasteiger partial charge in [-0.2, -0.15) is 0 Å². The lowest BCUT2D eigenvalue weighted by Crippen LogP contribution is -2.38. The minimum atomic E-state index is -0.0976. The number of fused-ring (bicyclic) bond motifs is 1. The van der Waals surface area contributed by atoms with Gasteiger partial charge in [0.25, 0.3) is 0 Å². The van der Waals surface area contributed by atoms with Crippen LogP contribution in [-0.2, 0) is 11.3 Å². The average molecular weight is 393 g/mol. The molecule has 0 aliphatic rings. The Morgan fingerprint density at radius 3 is 2.69 bits per heavy atom. The molecule has 152 valence electrons. The molecule has 7 heteroatoms. The molecule has 0 radical (unpaired) electrons. The average Bonchev–Trinajstić information content (AvgIpc) is 3.02. The lowest BCUT2D eigenvalue weighted by atomic mass is 10.1. The molecular weight excluding hydrogens is 366 g/mol. The fourth-order valence-corrected chi connectivity index (χ4v) is 2.98. The first kappa shape index (κ1) is 20.4. The van der Waals surface area contributed by atoms with Crippen LogP contribution in [0.5, 0.6) is 0 Å². The molecule has 1 aromatic carbocycles. The first-order chi connectivity index (χ1) is 14.1. The molecule has 29 heavy (non-hydrogen) atoms. The second kappa shape index (κ2) is 9.73. The highest BCUT2D eigenvalue weighted by molar-refractivity contribution is 5.90. The maximum absolute atomic E-state index is 12.1. The van der Waals surface area contributed by atoms with Gasteiger partial charge in [-0.25, -0.2) is 9.98 Å². The summed E-state index contributed by atoms with van der Waals surface area (Å²) in [5, 5.41) is 10.3. The summed E-state index contributed by atoms with van der Waals surface area (Å²) >= 11 is 0. The van der Waals surface area contributed by atoms with Crippen LogP contribution in [0.15, 0.2) is 51.9 Å². The molecule has 2 aromatic heterocycles. The van der Waals surface area contributed by atoms with Gasteiger partial charge in [-0.3, -0.25) is 4.79 Å². The smallest absolute Gasteiger partial charge is 0.227 e. The van der Waals surface area contributed by atoms with E-state index >= 15 is 0 Å². The molecule has 0 spiro atoms. The van der Waals surface area contributed by atoms with E-state index in [1.807, 2.05) is 57.2 Å². The number of benzene rings is 1. The Hall–Kier alpha value is -3.35. The number of para-hydroxylation sites is 1. The van der Waals surface area contributed by atoms with Crippen LogP contribution < -0.4 is 16.0 Å². The van der Waals surface area contributed by atoms with Crippen molar-refractivity contribution in [2.75, 3.05) is 18.4 Å². The zero-order valence-corrected chi connectivity index (χ0v) is 17.1. The molecule has 0 atom stereocenters. The Bertz CT molecular complexity index is 1010. The van der Waals surface area contributed by atoms with Crippen LogP contribution in [-0.4, -0.2) is 29.9 Å². The summed E-state index contributed by atoms with van der Waals surface area (Å²) in [5.74, 6) is 1.95. The molecule has 2 heterocycles. The number of nitrogens with one attached hydrogen (secondary N) is 3. The van der Waals surface area contributed by atoms with Crippen LogP contribution in [0.3, 0.4) is 0 Å². The van der Waals surface area contributed by atoms with E-state index in [9.17, 15) is 4.79 Å². The van der Waals surface area contributed by atoms with Crippen LogP contribution in [0.2, 0.25) is 0 Å². The van der Waals surface area contributed by atoms with E-state index in [1.165, 1.54) is 0 Å². The molecule has 0 saturated heterocycles. The summed E-state index contributed by atoms with van der Waals surface area (Å²) in [7, 11) is 0. The number of aryl methyl sites for hydroxylation is 2. The van der Waals surface area contributed by atoms with Gasteiger partial charge in [-0.05, 0) is 39.0 Å². The summed E-state index contributed by atoms with van der Waals surface area (Å²) < 4.78 is 5.91. The minimum Gasteiger partial charge on any atom is -0.459 e. The summed E-state index contributed by atoms with van der Waals surface area (Å²) in [6.07, 6.45) is 0.309.